The maximum Gasteiger partial charge on any atom is 0.271 e. The van der Waals surface area contributed by atoms with E-state index in [0.717, 1.165) is 43.3 Å². The fourth-order valence-electron chi connectivity index (χ4n) is 3.54. The van der Waals surface area contributed by atoms with Gasteiger partial charge in [-0.1, -0.05) is 19.3 Å². The molecular formula is C17H18BrN3OS. The number of rotatable bonds is 2. The van der Waals surface area contributed by atoms with Gasteiger partial charge in [0.05, 0.1) is 16.5 Å². The number of halogens is 1. The summed E-state index contributed by atoms with van der Waals surface area (Å²) in [5.41, 5.74) is 1.93. The predicted molar refractivity (Wildman–Crippen MR) is 101 cm³/mol. The first-order chi connectivity index (χ1) is 11.2. The number of anilines is 1. The number of thiophene rings is 1. The van der Waals surface area contributed by atoms with E-state index in [0.29, 0.717) is 6.04 Å². The van der Waals surface area contributed by atoms with Crippen molar-refractivity contribution in [3.63, 3.8) is 0 Å². The number of hydrogen-bond acceptors (Lipinski definition) is 4. The van der Waals surface area contributed by atoms with E-state index in [1.807, 2.05) is 23.7 Å². The molecule has 1 N–H and O–H groups in total. The Balaban J connectivity index is 1.99. The topological polar surface area (TPSA) is 46.9 Å². The average Bonchev–Trinajstić information content (AvgIpc) is 2.98. The minimum Gasteiger partial charge on any atom is -0.388 e. The SMILES string of the molecule is CNc1ccc(Br)c2sc3c(=O)n(C4CCCCC4)cnc3c12. The second kappa shape index (κ2) is 5.91. The molecule has 0 aliphatic heterocycles. The van der Waals surface area contributed by atoms with Gasteiger partial charge in [-0.2, -0.15) is 0 Å². The highest BCUT2D eigenvalue weighted by Gasteiger charge is 2.20. The summed E-state index contributed by atoms with van der Waals surface area (Å²) in [6.45, 7) is 0. The van der Waals surface area contributed by atoms with Gasteiger partial charge in [-0.3, -0.25) is 9.36 Å². The fraction of sp³-hybridized carbons (Fsp3) is 0.412. The van der Waals surface area contributed by atoms with Crippen LogP contribution in [0.15, 0.2) is 27.7 Å². The van der Waals surface area contributed by atoms with Gasteiger partial charge in [0.2, 0.25) is 0 Å². The Labute approximate surface area is 146 Å². The summed E-state index contributed by atoms with van der Waals surface area (Å²) in [5, 5.41) is 4.25. The van der Waals surface area contributed by atoms with E-state index in [1.54, 1.807) is 6.33 Å². The maximum atomic E-state index is 13.0. The van der Waals surface area contributed by atoms with Crippen molar-refractivity contribution in [1.29, 1.82) is 0 Å². The second-order valence-electron chi connectivity index (χ2n) is 6.08. The Bertz CT molecular complexity index is 940. The van der Waals surface area contributed by atoms with Crippen molar-refractivity contribution in [3.8, 4) is 0 Å². The third-order valence-electron chi connectivity index (χ3n) is 4.74. The number of hydrogen-bond donors (Lipinski definition) is 1. The summed E-state index contributed by atoms with van der Waals surface area (Å²) in [5.74, 6) is 0. The molecule has 6 heteroatoms. The first kappa shape index (κ1) is 15.1. The van der Waals surface area contributed by atoms with Crippen LogP contribution in [0.1, 0.15) is 38.1 Å². The number of benzene rings is 1. The molecule has 1 aromatic carbocycles. The average molecular weight is 392 g/mol. The highest BCUT2D eigenvalue weighted by molar-refractivity contribution is 9.10. The first-order valence-electron chi connectivity index (χ1n) is 8.00. The van der Waals surface area contributed by atoms with Crippen LogP contribution in [-0.4, -0.2) is 16.6 Å². The number of aromatic nitrogens is 2. The molecule has 0 atom stereocenters. The van der Waals surface area contributed by atoms with Crippen molar-refractivity contribution in [2.75, 3.05) is 12.4 Å². The number of nitrogens with zero attached hydrogens (tertiary/aromatic N) is 2. The molecule has 1 aliphatic rings. The largest absolute Gasteiger partial charge is 0.388 e. The molecule has 0 radical (unpaired) electrons. The lowest BCUT2D eigenvalue weighted by Crippen LogP contribution is -2.26. The van der Waals surface area contributed by atoms with E-state index in [-0.39, 0.29) is 5.56 Å². The minimum absolute atomic E-state index is 0.108. The lowest BCUT2D eigenvalue weighted by atomic mass is 9.95. The molecule has 4 nitrogen and oxygen atoms in total. The van der Waals surface area contributed by atoms with Crippen molar-refractivity contribution in [2.45, 2.75) is 38.1 Å². The van der Waals surface area contributed by atoms with Gasteiger partial charge in [-0.25, -0.2) is 4.98 Å². The Kier molecular flexibility index (Phi) is 3.89. The summed E-state index contributed by atoms with van der Waals surface area (Å²) in [7, 11) is 1.90. The van der Waals surface area contributed by atoms with Crippen molar-refractivity contribution in [3.05, 3.63) is 33.3 Å². The molecule has 0 bridgehead atoms. The highest BCUT2D eigenvalue weighted by atomic mass is 79.9. The molecule has 120 valence electrons. The Morgan fingerprint density at radius 3 is 2.78 bits per heavy atom. The van der Waals surface area contributed by atoms with E-state index >= 15 is 0 Å². The molecule has 1 fully saturated rings. The molecular weight excluding hydrogens is 374 g/mol. The summed E-state index contributed by atoms with van der Waals surface area (Å²) >= 11 is 5.14. The van der Waals surface area contributed by atoms with Gasteiger partial charge in [0.1, 0.15) is 4.70 Å². The van der Waals surface area contributed by atoms with E-state index in [4.69, 9.17) is 0 Å². The zero-order valence-corrected chi connectivity index (χ0v) is 15.3. The molecule has 1 aliphatic carbocycles. The summed E-state index contributed by atoms with van der Waals surface area (Å²) in [6, 6.07) is 4.35. The lowest BCUT2D eigenvalue weighted by molar-refractivity contribution is 0.345. The van der Waals surface area contributed by atoms with Crippen LogP contribution in [0, 0.1) is 0 Å². The molecule has 3 aromatic rings. The van der Waals surface area contributed by atoms with Gasteiger partial charge in [-0.15, -0.1) is 11.3 Å². The molecule has 2 heterocycles. The molecule has 0 spiro atoms. The molecule has 4 rings (SSSR count). The third kappa shape index (κ3) is 2.39. The van der Waals surface area contributed by atoms with Gasteiger partial charge in [0.25, 0.3) is 5.56 Å². The zero-order valence-electron chi connectivity index (χ0n) is 12.9. The molecule has 0 saturated heterocycles. The quantitative estimate of drug-likeness (QED) is 0.673. The monoisotopic (exact) mass is 391 g/mol. The van der Waals surface area contributed by atoms with Crippen molar-refractivity contribution in [1.82, 2.24) is 9.55 Å². The third-order valence-corrected chi connectivity index (χ3v) is 6.87. The van der Waals surface area contributed by atoms with E-state index < -0.39 is 0 Å². The van der Waals surface area contributed by atoms with E-state index in [2.05, 4.69) is 26.2 Å². The van der Waals surface area contributed by atoms with Crippen LogP contribution in [0.2, 0.25) is 0 Å². The minimum atomic E-state index is 0.108. The van der Waals surface area contributed by atoms with Crippen LogP contribution in [0.5, 0.6) is 0 Å². The summed E-state index contributed by atoms with van der Waals surface area (Å²) < 4.78 is 4.72. The summed E-state index contributed by atoms with van der Waals surface area (Å²) in [6.07, 6.45) is 7.62. The molecule has 23 heavy (non-hydrogen) atoms. The first-order valence-corrected chi connectivity index (χ1v) is 9.61. The van der Waals surface area contributed by atoms with Crippen LogP contribution in [0.25, 0.3) is 20.3 Å². The van der Waals surface area contributed by atoms with Crippen LogP contribution in [0.4, 0.5) is 5.69 Å². The van der Waals surface area contributed by atoms with Crippen LogP contribution < -0.4 is 10.9 Å². The van der Waals surface area contributed by atoms with Crippen molar-refractivity contribution >= 4 is 53.3 Å². The molecule has 0 amide bonds. The standard InChI is InChI=1S/C17H18BrN3OS/c1-19-12-8-7-11(18)15-13(12)14-16(23-15)17(22)21(9-20-14)10-5-3-2-4-6-10/h7-10,19H,2-6H2,1H3. The molecule has 2 aromatic heterocycles. The highest BCUT2D eigenvalue weighted by Crippen LogP contribution is 2.40. The van der Waals surface area contributed by atoms with Crippen molar-refractivity contribution in [2.24, 2.45) is 0 Å². The van der Waals surface area contributed by atoms with Crippen LogP contribution in [-0.2, 0) is 0 Å². The molecule has 0 unspecified atom stereocenters. The van der Waals surface area contributed by atoms with E-state index in [1.165, 1.54) is 30.6 Å². The Morgan fingerprint density at radius 2 is 2.04 bits per heavy atom. The second-order valence-corrected chi connectivity index (χ2v) is 7.95. The maximum absolute atomic E-state index is 13.0. The van der Waals surface area contributed by atoms with Gasteiger partial charge >= 0.3 is 0 Å². The van der Waals surface area contributed by atoms with E-state index in [9.17, 15) is 4.79 Å². The van der Waals surface area contributed by atoms with Crippen molar-refractivity contribution < 1.29 is 0 Å². The van der Waals surface area contributed by atoms with Crippen LogP contribution in [0.3, 0.4) is 0 Å². The molecule has 1 saturated carbocycles. The lowest BCUT2D eigenvalue weighted by Gasteiger charge is -2.23. The number of fused-ring (bicyclic) bond motifs is 3. The van der Waals surface area contributed by atoms with Crippen LogP contribution >= 0.6 is 27.3 Å². The Hall–Kier alpha value is -1.40. The fourth-order valence-corrected chi connectivity index (χ4v) is 5.24. The van der Waals surface area contributed by atoms with Gasteiger partial charge in [0.15, 0.2) is 0 Å². The zero-order chi connectivity index (χ0) is 16.0. The Morgan fingerprint density at radius 1 is 1.26 bits per heavy atom. The van der Waals surface area contributed by atoms with Gasteiger partial charge in [0, 0.05) is 28.6 Å². The normalized spacial score (nSPS) is 16.3. The number of nitrogens with one attached hydrogen (secondary N) is 1. The van der Waals surface area contributed by atoms with Gasteiger partial charge in [-0.05, 0) is 40.9 Å². The smallest absolute Gasteiger partial charge is 0.271 e. The van der Waals surface area contributed by atoms with Gasteiger partial charge < -0.3 is 5.32 Å². The predicted octanol–water partition coefficient (Wildman–Crippen LogP) is 4.92. The summed E-state index contributed by atoms with van der Waals surface area (Å²) in [4.78, 5) is 17.7.